The molecule has 0 unspecified atom stereocenters. The fourth-order valence-corrected chi connectivity index (χ4v) is 3.35. The van der Waals surface area contributed by atoms with Gasteiger partial charge in [-0.1, -0.05) is 30.3 Å². The molecule has 0 spiro atoms. The standard InChI is InChI=1S/C19H20N6O/c1-12-15(11-20-17(21-12)14-7-4-3-5-8-14)19(26)25-10-6-9-16(25)18-22-13(2)23-24-18/h3-5,7-8,11,16H,6,9-10H2,1-2H3,(H,22,23,24)/t16-/m0/s1. The summed E-state index contributed by atoms with van der Waals surface area (Å²) in [7, 11) is 0. The van der Waals surface area contributed by atoms with Crippen molar-refractivity contribution in [2.75, 3.05) is 6.54 Å². The van der Waals surface area contributed by atoms with E-state index in [1.807, 2.05) is 49.1 Å². The molecule has 7 heteroatoms. The summed E-state index contributed by atoms with van der Waals surface area (Å²) >= 11 is 0. The molecule has 1 amide bonds. The molecule has 3 heterocycles. The lowest BCUT2D eigenvalue weighted by molar-refractivity contribution is 0.0728. The second-order valence-electron chi connectivity index (χ2n) is 6.49. The van der Waals surface area contributed by atoms with Gasteiger partial charge in [0.25, 0.3) is 5.91 Å². The highest BCUT2D eigenvalue weighted by molar-refractivity contribution is 5.95. The smallest absolute Gasteiger partial charge is 0.257 e. The van der Waals surface area contributed by atoms with Crippen molar-refractivity contribution in [3.63, 3.8) is 0 Å². The first kappa shape index (κ1) is 16.4. The zero-order valence-electron chi connectivity index (χ0n) is 14.8. The van der Waals surface area contributed by atoms with Crippen LogP contribution < -0.4 is 0 Å². The SMILES string of the molecule is Cc1nc([C@@H]2CCCN2C(=O)c2cnc(-c3ccccc3)nc2C)n[nH]1. The highest BCUT2D eigenvalue weighted by Gasteiger charge is 2.34. The molecule has 26 heavy (non-hydrogen) atoms. The van der Waals surface area contributed by atoms with Crippen LogP contribution >= 0.6 is 0 Å². The van der Waals surface area contributed by atoms with Crippen LogP contribution in [0.2, 0.25) is 0 Å². The third kappa shape index (κ3) is 2.96. The molecule has 1 N–H and O–H groups in total. The summed E-state index contributed by atoms with van der Waals surface area (Å²) < 4.78 is 0. The monoisotopic (exact) mass is 348 g/mol. The van der Waals surface area contributed by atoms with Crippen molar-refractivity contribution in [3.05, 3.63) is 59.4 Å². The first-order valence-corrected chi connectivity index (χ1v) is 8.72. The van der Waals surface area contributed by atoms with Crippen LogP contribution in [-0.4, -0.2) is 42.5 Å². The zero-order chi connectivity index (χ0) is 18.1. The van der Waals surface area contributed by atoms with Gasteiger partial charge in [-0.25, -0.2) is 15.0 Å². The van der Waals surface area contributed by atoms with Crippen LogP contribution in [-0.2, 0) is 0 Å². The summed E-state index contributed by atoms with van der Waals surface area (Å²) in [5, 5.41) is 7.10. The number of aromatic amines is 1. The summed E-state index contributed by atoms with van der Waals surface area (Å²) in [6, 6.07) is 9.66. The Hall–Kier alpha value is -3.09. The fourth-order valence-electron chi connectivity index (χ4n) is 3.35. The third-order valence-electron chi connectivity index (χ3n) is 4.67. The topological polar surface area (TPSA) is 87.7 Å². The lowest BCUT2D eigenvalue weighted by Gasteiger charge is -2.23. The van der Waals surface area contributed by atoms with Crippen molar-refractivity contribution in [1.82, 2.24) is 30.0 Å². The Morgan fingerprint density at radius 1 is 1.19 bits per heavy atom. The average molecular weight is 348 g/mol. The van der Waals surface area contributed by atoms with Crippen LogP contribution in [0.3, 0.4) is 0 Å². The Labute approximate surface area is 151 Å². The summed E-state index contributed by atoms with van der Waals surface area (Å²) in [6.07, 6.45) is 3.43. The molecule has 0 saturated carbocycles. The lowest BCUT2D eigenvalue weighted by Crippen LogP contribution is -2.32. The summed E-state index contributed by atoms with van der Waals surface area (Å²) in [5.74, 6) is 1.99. The molecular weight excluding hydrogens is 328 g/mol. The van der Waals surface area contributed by atoms with Gasteiger partial charge in [0.1, 0.15) is 5.82 Å². The number of carbonyl (C=O) groups is 1. The Morgan fingerprint density at radius 2 is 2.00 bits per heavy atom. The molecule has 1 atom stereocenters. The Balaban J connectivity index is 1.61. The highest BCUT2D eigenvalue weighted by Crippen LogP contribution is 2.31. The van der Waals surface area contributed by atoms with Gasteiger partial charge in [-0.2, -0.15) is 5.10 Å². The number of nitrogens with zero attached hydrogens (tertiary/aromatic N) is 5. The summed E-state index contributed by atoms with van der Waals surface area (Å²) in [5.41, 5.74) is 2.15. The van der Waals surface area contributed by atoms with E-state index in [0.717, 1.165) is 24.2 Å². The maximum atomic E-state index is 13.1. The number of benzene rings is 1. The maximum absolute atomic E-state index is 13.1. The van der Waals surface area contributed by atoms with Crippen molar-refractivity contribution < 1.29 is 4.79 Å². The predicted molar refractivity (Wildman–Crippen MR) is 96.3 cm³/mol. The van der Waals surface area contributed by atoms with Gasteiger partial charge < -0.3 is 4.90 Å². The molecule has 1 aliphatic rings. The van der Waals surface area contributed by atoms with Gasteiger partial charge in [0.05, 0.1) is 17.3 Å². The number of aromatic nitrogens is 5. The third-order valence-corrected chi connectivity index (χ3v) is 4.67. The minimum absolute atomic E-state index is 0.0629. The van der Waals surface area contributed by atoms with Gasteiger partial charge in [0.2, 0.25) is 0 Å². The molecule has 1 aromatic carbocycles. The Morgan fingerprint density at radius 3 is 2.69 bits per heavy atom. The minimum atomic E-state index is -0.0966. The number of hydrogen-bond acceptors (Lipinski definition) is 5. The Kier molecular flexibility index (Phi) is 4.20. The van der Waals surface area contributed by atoms with Crippen LogP contribution in [0.25, 0.3) is 11.4 Å². The molecule has 132 valence electrons. The number of carbonyl (C=O) groups excluding carboxylic acids is 1. The average Bonchev–Trinajstić information content (AvgIpc) is 3.30. The second kappa shape index (κ2) is 6.67. The number of rotatable bonds is 3. The van der Waals surface area contributed by atoms with E-state index in [9.17, 15) is 4.79 Å². The van der Waals surface area contributed by atoms with Crippen LogP contribution in [0, 0.1) is 13.8 Å². The maximum Gasteiger partial charge on any atom is 0.257 e. The van der Waals surface area contributed by atoms with Crippen molar-refractivity contribution >= 4 is 5.91 Å². The van der Waals surface area contributed by atoms with E-state index in [1.165, 1.54) is 0 Å². The van der Waals surface area contributed by atoms with Gasteiger partial charge >= 0.3 is 0 Å². The van der Waals surface area contributed by atoms with Gasteiger partial charge in [0, 0.05) is 18.3 Å². The van der Waals surface area contributed by atoms with Crippen molar-refractivity contribution in [2.24, 2.45) is 0 Å². The fraction of sp³-hybridized carbons (Fsp3) is 0.316. The van der Waals surface area contributed by atoms with E-state index in [-0.39, 0.29) is 11.9 Å². The van der Waals surface area contributed by atoms with Gasteiger partial charge in [-0.3, -0.25) is 9.89 Å². The molecule has 2 aromatic heterocycles. The molecule has 4 rings (SSSR count). The molecule has 0 bridgehead atoms. The second-order valence-corrected chi connectivity index (χ2v) is 6.49. The number of amides is 1. The van der Waals surface area contributed by atoms with Crippen LogP contribution in [0.1, 0.15) is 46.6 Å². The normalized spacial score (nSPS) is 16.8. The van der Waals surface area contributed by atoms with E-state index in [4.69, 9.17) is 0 Å². The van der Waals surface area contributed by atoms with Crippen molar-refractivity contribution in [2.45, 2.75) is 32.7 Å². The summed E-state index contributed by atoms with van der Waals surface area (Å²) in [4.78, 5) is 28.3. The first-order chi connectivity index (χ1) is 12.6. The number of aryl methyl sites for hydroxylation is 2. The number of H-pyrrole nitrogens is 1. The van der Waals surface area contributed by atoms with E-state index in [2.05, 4.69) is 25.1 Å². The lowest BCUT2D eigenvalue weighted by atomic mass is 10.1. The minimum Gasteiger partial charge on any atom is -0.328 e. The molecule has 1 fully saturated rings. The van der Waals surface area contributed by atoms with Crippen LogP contribution in [0.15, 0.2) is 36.5 Å². The predicted octanol–water partition coefficient (Wildman–Crippen LogP) is 2.86. The van der Waals surface area contributed by atoms with Crippen LogP contribution in [0.5, 0.6) is 0 Å². The molecule has 7 nitrogen and oxygen atoms in total. The van der Waals surface area contributed by atoms with E-state index in [1.54, 1.807) is 6.20 Å². The van der Waals surface area contributed by atoms with Gasteiger partial charge in [-0.15, -0.1) is 0 Å². The van der Waals surface area contributed by atoms with E-state index < -0.39 is 0 Å². The number of hydrogen-bond donors (Lipinski definition) is 1. The summed E-state index contributed by atoms with van der Waals surface area (Å²) in [6.45, 7) is 4.40. The highest BCUT2D eigenvalue weighted by atomic mass is 16.2. The number of likely N-dealkylation sites (tertiary alicyclic amines) is 1. The van der Waals surface area contributed by atoms with E-state index in [0.29, 0.717) is 29.5 Å². The van der Waals surface area contributed by atoms with Gasteiger partial charge in [-0.05, 0) is 26.7 Å². The molecule has 0 radical (unpaired) electrons. The van der Waals surface area contributed by atoms with Crippen molar-refractivity contribution in [3.8, 4) is 11.4 Å². The molecule has 0 aliphatic carbocycles. The quantitative estimate of drug-likeness (QED) is 0.786. The zero-order valence-corrected chi connectivity index (χ0v) is 14.8. The molecule has 1 saturated heterocycles. The van der Waals surface area contributed by atoms with Crippen molar-refractivity contribution in [1.29, 1.82) is 0 Å². The van der Waals surface area contributed by atoms with E-state index >= 15 is 0 Å². The Bertz CT molecular complexity index is 936. The number of nitrogens with one attached hydrogen (secondary N) is 1. The molecule has 1 aliphatic heterocycles. The molecule has 3 aromatic rings. The van der Waals surface area contributed by atoms with Gasteiger partial charge in [0.15, 0.2) is 11.6 Å². The first-order valence-electron chi connectivity index (χ1n) is 8.72. The largest absolute Gasteiger partial charge is 0.328 e. The van der Waals surface area contributed by atoms with Crippen LogP contribution in [0.4, 0.5) is 0 Å². The molecular formula is C19H20N6O.